The molecule has 1 N–H and O–H groups in total. The van der Waals surface area contributed by atoms with Crippen LogP contribution in [-0.2, 0) is 0 Å². The first kappa shape index (κ1) is 13.5. The summed E-state index contributed by atoms with van der Waals surface area (Å²) in [6, 6.07) is 7.70. The van der Waals surface area contributed by atoms with Crippen LogP contribution in [0.25, 0.3) is 11.4 Å². The van der Waals surface area contributed by atoms with Crippen LogP contribution in [0, 0.1) is 11.3 Å². The van der Waals surface area contributed by atoms with E-state index in [9.17, 15) is 0 Å². The summed E-state index contributed by atoms with van der Waals surface area (Å²) >= 11 is 0. The molecule has 0 radical (unpaired) electrons. The average molecular weight is 283 g/mol. The molecule has 1 aromatic heterocycles. The topological polar surface area (TPSA) is 70.9 Å². The van der Waals surface area contributed by atoms with Gasteiger partial charge in [0.05, 0.1) is 13.2 Å². The first-order chi connectivity index (χ1) is 10.3. The van der Waals surface area contributed by atoms with Crippen molar-refractivity contribution in [3.05, 3.63) is 30.1 Å². The second-order valence-electron chi connectivity index (χ2n) is 5.14. The highest BCUT2D eigenvalue weighted by Gasteiger charge is 2.19. The summed E-state index contributed by atoms with van der Waals surface area (Å²) in [6.07, 6.45) is 6.48. The smallest absolute Gasteiger partial charge is 0.162 e. The van der Waals surface area contributed by atoms with E-state index in [0.29, 0.717) is 11.5 Å². The van der Waals surface area contributed by atoms with Gasteiger partial charge in [0, 0.05) is 11.8 Å². The summed E-state index contributed by atoms with van der Waals surface area (Å²) in [5.41, 5.74) is 1.25. The number of H-pyrrole nitrogens is 1. The number of nitriles is 1. The van der Waals surface area contributed by atoms with Gasteiger partial charge in [-0.3, -0.25) is 0 Å². The fourth-order valence-electron chi connectivity index (χ4n) is 2.63. The van der Waals surface area contributed by atoms with E-state index in [4.69, 9.17) is 14.7 Å². The number of imidazole rings is 1. The van der Waals surface area contributed by atoms with Crippen molar-refractivity contribution in [3.63, 3.8) is 0 Å². The maximum Gasteiger partial charge on any atom is 0.162 e. The van der Waals surface area contributed by atoms with Crippen molar-refractivity contribution >= 4 is 0 Å². The number of ether oxygens (including phenoxy) is 2. The fraction of sp³-hybridized carbons (Fsp3) is 0.375. The van der Waals surface area contributed by atoms with Gasteiger partial charge in [0.15, 0.2) is 17.2 Å². The van der Waals surface area contributed by atoms with Crippen LogP contribution in [-0.4, -0.2) is 23.2 Å². The number of hydrogen-bond donors (Lipinski definition) is 1. The Hall–Kier alpha value is -2.48. The Morgan fingerprint density at radius 1 is 1.29 bits per heavy atom. The number of hydrogen-bond acceptors (Lipinski definition) is 4. The van der Waals surface area contributed by atoms with Gasteiger partial charge >= 0.3 is 0 Å². The molecular formula is C16H17N3O2. The highest BCUT2D eigenvalue weighted by molar-refractivity contribution is 5.61. The molecule has 1 aliphatic rings. The van der Waals surface area contributed by atoms with Gasteiger partial charge < -0.3 is 14.5 Å². The second kappa shape index (κ2) is 5.88. The van der Waals surface area contributed by atoms with Crippen molar-refractivity contribution in [2.24, 2.45) is 0 Å². The minimum absolute atomic E-state index is 0.264. The van der Waals surface area contributed by atoms with Crippen molar-refractivity contribution in [2.45, 2.75) is 31.8 Å². The molecule has 2 aromatic rings. The molecule has 1 fully saturated rings. The molecular weight excluding hydrogens is 266 g/mol. The number of nitrogens with one attached hydrogen (secondary N) is 1. The zero-order valence-corrected chi connectivity index (χ0v) is 11.9. The molecule has 5 heteroatoms. The number of aromatic nitrogens is 2. The summed E-state index contributed by atoms with van der Waals surface area (Å²) in [6.45, 7) is 0. The number of aromatic amines is 1. The molecule has 5 nitrogen and oxygen atoms in total. The van der Waals surface area contributed by atoms with E-state index in [1.807, 2.05) is 24.3 Å². The Balaban J connectivity index is 1.90. The van der Waals surface area contributed by atoms with E-state index in [0.717, 1.165) is 29.9 Å². The van der Waals surface area contributed by atoms with Crippen molar-refractivity contribution in [1.82, 2.24) is 9.97 Å². The van der Waals surface area contributed by atoms with Crippen LogP contribution in [0.2, 0.25) is 0 Å². The van der Waals surface area contributed by atoms with Gasteiger partial charge in [-0.1, -0.05) is 0 Å². The lowest BCUT2D eigenvalue weighted by Gasteiger charge is -2.16. The van der Waals surface area contributed by atoms with Crippen molar-refractivity contribution in [3.8, 4) is 29.0 Å². The second-order valence-corrected chi connectivity index (χ2v) is 5.14. The van der Waals surface area contributed by atoms with E-state index in [1.54, 1.807) is 13.3 Å². The number of methoxy groups -OCH3 is 1. The maximum atomic E-state index is 8.85. The zero-order valence-electron chi connectivity index (χ0n) is 11.9. The fourth-order valence-corrected chi connectivity index (χ4v) is 2.63. The Morgan fingerprint density at radius 3 is 2.76 bits per heavy atom. The number of rotatable bonds is 4. The zero-order chi connectivity index (χ0) is 14.7. The predicted octanol–water partition coefficient (Wildman–Crippen LogP) is 3.28. The Morgan fingerprint density at radius 2 is 2.10 bits per heavy atom. The van der Waals surface area contributed by atoms with Crippen molar-refractivity contribution in [2.75, 3.05) is 7.11 Å². The van der Waals surface area contributed by atoms with Crippen LogP contribution in [0.4, 0.5) is 0 Å². The average Bonchev–Trinajstić information content (AvgIpc) is 3.18. The standard InChI is InChI=1S/C16H17N3O2/c1-20-14-7-6-11(16-18-10-12(9-17)19-16)8-15(14)21-13-4-2-3-5-13/h6-8,10,13H,2-5H2,1H3,(H,18,19). The lowest BCUT2D eigenvalue weighted by atomic mass is 10.2. The molecule has 0 bridgehead atoms. The molecule has 0 atom stereocenters. The van der Waals surface area contributed by atoms with Crippen LogP contribution in [0.5, 0.6) is 11.5 Å². The molecule has 1 saturated carbocycles. The molecule has 108 valence electrons. The summed E-state index contributed by atoms with van der Waals surface area (Å²) in [4.78, 5) is 7.22. The monoisotopic (exact) mass is 283 g/mol. The normalized spacial score (nSPS) is 14.9. The van der Waals surface area contributed by atoms with Crippen LogP contribution in [0.15, 0.2) is 24.4 Å². The molecule has 0 spiro atoms. The SMILES string of the molecule is COc1ccc(-c2nc(C#N)c[nH]2)cc1OC1CCCC1. The van der Waals surface area contributed by atoms with Gasteiger partial charge in [0.25, 0.3) is 0 Å². The third-order valence-electron chi connectivity index (χ3n) is 3.73. The van der Waals surface area contributed by atoms with Gasteiger partial charge in [0.1, 0.15) is 11.9 Å². The minimum Gasteiger partial charge on any atom is -0.493 e. The molecule has 21 heavy (non-hydrogen) atoms. The Kier molecular flexibility index (Phi) is 3.78. The summed E-state index contributed by atoms with van der Waals surface area (Å²) < 4.78 is 11.4. The molecule has 0 unspecified atom stereocenters. The first-order valence-electron chi connectivity index (χ1n) is 7.10. The molecule has 1 aromatic carbocycles. The van der Waals surface area contributed by atoms with Crippen LogP contribution in [0.1, 0.15) is 31.4 Å². The quantitative estimate of drug-likeness (QED) is 0.934. The summed E-state index contributed by atoms with van der Waals surface area (Å²) in [7, 11) is 1.64. The molecule has 0 amide bonds. The molecule has 1 aliphatic carbocycles. The molecule has 0 saturated heterocycles. The largest absolute Gasteiger partial charge is 0.493 e. The first-order valence-corrected chi connectivity index (χ1v) is 7.10. The van der Waals surface area contributed by atoms with E-state index < -0.39 is 0 Å². The highest BCUT2D eigenvalue weighted by Crippen LogP contribution is 2.34. The van der Waals surface area contributed by atoms with Crippen LogP contribution >= 0.6 is 0 Å². The third kappa shape index (κ3) is 2.84. The number of nitrogens with zero attached hydrogens (tertiary/aromatic N) is 2. The van der Waals surface area contributed by atoms with E-state index in [2.05, 4.69) is 9.97 Å². The van der Waals surface area contributed by atoms with Crippen molar-refractivity contribution < 1.29 is 9.47 Å². The maximum absolute atomic E-state index is 8.85. The summed E-state index contributed by atoms with van der Waals surface area (Å²) in [5, 5.41) is 8.85. The van der Waals surface area contributed by atoms with Crippen molar-refractivity contribution in [1.29, 1.82) is 5.26 Å². The van der Waals surface area contributed by atoms with Gasteiger partial charge in [-0.25, -0.2) is 4.98 Å². The van der Waals surface area contributed by atoms with E-state index >= 15 is 0 Å². The van der Waals surface area contributed by atoms with Gasteiger partial charge in [-0.15, -0.1) is 0 Å². The lowest BCUT2D eigenvalue weighted by molar-refractivity contribution is 0.201. The highest BCUT2D eigenvalue weighted by atomic mass is 16.5. The number of benzene rings is 1. The minimum atomic E-state index is 0.264. The van der Waals surface area contributed by atoms with E-state index in [1.165, 1.54) is 12.8 Å². The third-order valence-corrected chi connectivity index (χ3v) is 3.73. The summed E-state index contributed by atoms with van der Waals surface area (Å²) in [5.74, 6) is 2.11. The molecule has 3 rings (SSSR count). The van der Waals surface area contributed by atoms with Crippen LogP contribution < -0.4 is 9.47 Å². The van der Waals surface area contributed by atoms with Gasteiger partial charge in [-0.2, -0.15) is 5.26 Å². The van der Waals surface area contributed by atoms with Gasteiger partial charge in [-0.05, 0) is 43.9 Å². The van der Waals surface area contributed by atoms with E-state index in [-0.39, 0.29) is 6.10 Å². The van der Waals surface area contributed by atoms with Crippen LogP contribution in [0.3, 0.4) is 0 Å². The lowest BCUT2D eigenvalue weighted by Crippen LogP contribution is -2.11. The predicted molar refractivity (Wildman–Crippen MR) is 78.2 cm³/mol. The molecule has 0 aliphatic heterocycles. The van der Waals surface area contributed by atoms with Gasteiger partial charge in [0.2, 0.25) is 0 Å². The molecule has 1 heterocycles. The Labute approximate surface area is 123 Å². The Bertz CT molecular complexity index is 666.